The lowest BCUT2D eigenvalue weighted by Gasteiger charge is -2.17. The van der Waals surface area contributed by atoms with Crippen molar-refractivity contribution in [1.29, 1.82) is 0 Å². The molecule has 17 heavy (non-hydrogen) atoms. The minimum Gasteiger partial charge on any atom is -0.232 e. The van der Waals surface area contributed by atoms with Crippen LogP contribution in [0.3, 0.4) is 0 Å². The maximum absolute atomic E-state index is 4.67. The number of halogens is 1. The van der Waals surface area contributed by atoms with Crippen LogP contribution in [0.5, 0.6) is 0 Å². The molecule has 0 saturated carbocycles. The Bertz CT molecular complexity index is 541. The van der Waals surface area contributed by atoms with Crippen molar-refractivity contribution in [2.24, 2.45) is 0 Å². The van der Waals surface area contributed by atoms with Gasteiger partial charge in [-0.1, -0.05) is 20.8 Å². The van der Waals surface area contributed by atoms with Crippen LogP contribution < -0.4 is 0 Å². The Morgan fingerprint density at radius 3 is 2.47 bits per heavy atom. The molecule has 0 aliphatic rings. The number of hydrogen-bond acceptors (Lipinski definition) is 3. The average Bonchev–Trinajstić information content (AvgIpc) is 2.62. The normalized spacial score (nSPS) is 11.8. The second-order valence-electron chi connectivity index (χ2n) is 5.04. The molecule has 2 aromatic rings. The number of aryl methyl sites for hydroxylation is 1. The van der Waals surface area contributed by atoms with Crippen molar-refractivity contribution < 1.29 is 0 Å². The highest BCUT2D eigenvalue weighted by Crippen LogP contribution is 2.29. The molecule has 2 heterocycles. The molecule has 0 saturated heterocycles. The molecule has 4 heteroatoms. The standard InChI is InChI=1S/C13H15BrN2S/c1-8-9(5-6-17-8)10-7-11(14)16-12(15-10)13(2,3)4/h5-7H,1-4H3. The first-order valence-electron chi connectivity index (χ1n) is 5.47. The maximum atomic E-state index is 4.67. The average molecular weight is 311 g/mol. The van der Waals surface area contributed by atoms with Gasteiger partial charge < -0.3 is 0 Å². The summed E-state index contributed by atoms with van der Waals surface area (Å²) in [5.41, 5.74) is 2.15. The van der Waals surface area contributed by atoms with Gasteiger partial charge in [-0.25, -0.2) is 9.97 Å². The molecule has 2 aromatic heterocycles. The fourth-order valence-electron chi connectivity index (χ4n) is 1.54. The molecule has 0 atom stereocenters. The van der Waals surface area contributed by atoms with Gasteiger partial charge in [0.25, 0.3) is 0 Å². The molecule has 0 spiro atoms. The highest BCUT2D eigenvalue weighted by Gasteiger charge is 2.19. The summed E-state index contributed by atoms with van der Waals surface area (Å²) in [4.78, 5) is 10.4. The van der Waals surface area contributed by atoms with E-state index in [0.717, 1.165) is 16.1 Å². The van der Waals surface area contributed by atoms with Crippen LogP contribution in [-0.4, -0.2) is 9.97 Å². The van der Waals surface area contributed by atoms with Crippen LogP contribution in [0.2, 0.25) is 0 Å². The van der Waals surface area contributed by atoms with E-state index in [2.05, 4.69) is 65.0 Å². The summed E-state index contributed by atoms with van der Waals surface area (Å²) in [7, 11) is 0. The van der Waals surface area contributed by atoms with Crippen molar-refractivity contribution in [2.75, 3.05) is 0 Å². The largest absolute Gasteiger partial charge is 0.232 e. The lowest BCUT2D eigenvalue weighted by molar-refractivity contribution is 0.544. The van der Waals surface area contributed by atoms with Crippen LogP contribution in [0, 0.1) is 6.92 Å². The molecule has 0 fully saturated rings. The Morgan fingerprint density at radius 1 is 1.24 bits per heavy atom. The summed E-state index contributed by atoms with van der Waals surface area (Å²) in [6.07, 6.45) is 0. The smallest absolute Gasteiger partial charge is 0.135 e. The number of aromatic nitrogens is 2. The summed E-state index contributed by atoms with van der Waals surface area (Å²) in [5, 5.41) is 2.09. The summed E-state index contributed by atoms with van der Waals surface area (Å²) in [6, 6.07) is 4.09. The molecule has 0 unspecified atom stereocenters. The topological polar surface area (TPSA) is 25.8 Å². The van der Waals surface area contributed by atoms with Gasteiger partial charge in [-0.05, 0) is 40.4 Å². The molecule has 90 valence electrons. The lowest BCUT2D eigenvalue weighted by Crippen LogP contribution is -2.16. The summed E-state index contributed by atoms with van der Waals surface area (Å²) < 4.78 is 0.845. The third-order valence-electron chi connectivity index (χ3n) is 2.50. The van der Waals surface area contributed by atoms with Gasteiger partial charge in [-0.15, -0.1) is 11.3 Å². The van der Waals surface area contributed by atoms with Crippen molar-refractivity contribution in [2.45, 2.75) is 33.1 Å². The highest BCUT2D eigenvalue weighted by atomic mass is 79.9. The van der Waals surface area contributed by atoms with Crippen LogP contribution in [0.15, 0.2) is 22.1 Å². The third-order valence-corrected chi connectivity index (χ3v) is 3.75. The zero-order valence-electron chi connectivity index (χ0n) is 10.4. The minimum atomic E-state index is -0.0392. The molecule has 0 aliphatic heterocycles. The molecule has 0 amide bonds. The van der Waals surface area contributed by atoms with Gasteiger partial charge in [0.2, 0.25) is 0 Å². The van der Waals surface area contributed by atoms with Crippen LogP contribution in [0.4, 0.5) is 0 Å². The van der Waals surface area contributed by atoms with Gasteiger partial charge in [0.05, 0.1) is 5.69 Å². The van der Waals surface area contributed by atoms with E-state index < -0.39 is 0 Å². The Balaban J connectivity index is 2.57. The number of thiophene rings is 1. The van der Waals surface area contributed by atoms with Gasteiger partial charge in [0.15, 0.2) is 0 Å². The first-order valence-corrected chi connectivity index (χ1v) is 7.15. The summed E-state index contributed by atoms with van der Waals surface area (Å²) >= 11 is 5.21. The Kier molecular flexibility index (Phi) is 3.36. The SMILES string of the molecule is Cc1sccc1-c1cc(Br)nc(C(C)(C)C)n1. The highest BCUT2D eigenvalue weighted by molar-refractivity contribution is 9.10. The van der Waals surface area contributed by atoms with Crippen LogP contribution >= 0.6 is 27.3 Å². The first-order chi connectivity index (χ1) is 7.88. The molecule has 0 bridgehead atoms. The van der Waals surface area contributed by atoms with E-state index in [4.69, 9.17) is 0 Å². The van der Waals surface area contributed by atoms with Crippen molar-refractivity contribution in [3.8, 4) is 11.3 Å². The van der Waals surface area contributed by atoms with Crippen molar-refractivity contribution in [1.82, 2.24) is 9.97 Å². The van der Waals surface area contributed by atoms with Crippen molar-refractivity contribution in [3.63, 3.8) is 0 Å². The molecule has 0 radical (unpaired) electrons. The Labute approximate surface area is 114 Å². The van der Waals surface area contributed by atoms with Gasteiger partial charge in [-0.2, -0.15) is 0 Å². The van der Waals surface area contributed by atoms with E-state index in [0.29, 0.717) is 0 Å². The zero-order chi connectivity index (χ0) is 12.6. The van der Waals surface area contributed by atoms with Crippen LogP contribution in [0.1, 0.15) is 31.5 Å². The molecular formula is C13H15BrN2S. The van der Waals surface area contributed by atoms with Gasteiger partial charge >= 0.3 is 0 Å². The first kappa shape index (κ1) is 12.7. The second kappa shape index (κ2) is 4.50. The van der Waals surface area contributed by atoms with E-state index in [1.54, 1.807) is 11.3 Å². The quantitative estimate of drug-likeness (QED) is 0.721. The monoisotopic (exact) mass is 310 g/mol. The maximum Gasteiger partial charge on any atom is 0.135 e. The summed E-state index contributed by atoms with van der Waals surface area (Å²) in [5.74, 6) is 0.868. The van der Waals surface area contributed by atoms with Gasteiger partial charge in [0, 0.05) is 15.9 Å². The molecule has 0 aromatic carbocycles. The second-order valence-corrected chi connectivity index (χ2v) is 6.97. The van der Waals surface area contributed by atoms with E-state index in [1.165, 1.54) is 10.4 Å². The number of nitrogens with zero attached hydrogens (tertiary/aromatic N) is 2. The van der Waals surface area contributed by atoms with Gasteiger partial charge in [0.1, 0.15) is 10.4 Å². The molecule has 0 aliphatic carbocycles. The van der Waals surface area contributed by atoms with E-state index in [9.17, 15) is 0 Å². The van der Waals surface area contributed by atoms with Crippen LogP contribution in [-0.2, 0) is 5.41 Å². The fourth-order valence-corrected chi connectivity index (χ4v) is 2.63. The molecule has 2 rings (SSSR count). The molecule has 0 N–H and O–H groups in total. The lowest BCUT2D eigenvalue weighted by atomic mass is 9.95. The van der Waals surface area contributed by atoms with Crippen molar-refractivity contribution >= 4 is 27.3 Å². The van der Waals surface area contributed by atoms with Crippen LogP contribution in [0.25, 0.3) is 11.3 Å². The number of rotatable bonds is 1. The minimum absolute atomic E-state index is 0.0392. The Morgan fingerprint density at radius 2 is 1.94 bits per heavy atom. The molecular weight excluding hydrogens is 296 g/mol. The van der Waals surface area contributed by atoms with E-state index >= 15 is 0 Å². The Hall–Kier alpha value is -0.740. The fraction of sp³-hybridized carbons (Fsp3) is 0.385. The summed E-state index contributed by atoms with van der Waals surface area (Å²) in [6.45, 7) is 8.49. The number of hydrogen-bond donors (Lipinski definition) is 0. The van der Waals surface area contributed by atoms with Crippen molar-refractivity contribution in [3.05, 3.63) is 32.8 Å². The van der Waals surface area contributed by atoms with E-state index in [-0.39, 0.29) is 5.41 Å². The van der Waals surface area contributed by atoms with E-state index in [1.807, 2.05) is 6.07 Å². The molecule has 2 nitrogen and oxygen atoms in total. The zero-order valence-corrected chi connectivity index (χ0v) is 12.8. The van der Waals surface area contributed by atoms with Gasteiger partial charge in [-0.3, -0.25) is 0 Å². The third kappa shape index (κ3) is 2.75. The predicted octanol–water partition coefficient (Wildman–Crippen LogP) is 4.57. The predicted molar refractivity (Wildman–Crippen MR) is 76.5 cm³/mol.